The van der Waals surface area contributed by atoms with Gasteiger partial charge in [-0.25, -0.2) is 9.78 Å². The molecule has 0 unspecified atom stereocenters. The summed E-state index contributed by atoms with van der Waals surface area (Å²) in [6, 6.07) is 10.7. The number of anilines is 1. The van der Waals surface area contributed by atoms with Crippen LogP contribution >= 0.6 is 0 Å². The van der Waals surface area contributed by atoms with Gasteiger partial charge in [0.1, 0.15) is 5.76 Å². The third-order valence-corrected chi connectivity index (χ3v) is 2.92. The van der Waals surface area contributed by atoms with Crippen molar-refractivity contribution in [2.45, 2.75) is 6.54 Å². The standard InChI is InChI=1S/C15H12N2O4/c18-15(19)13-5-4-12(21-13)7-17-11-3-1-2-10(6-11)14-8-16-9-20-14/h1-6,8-9,17H,7H2,(H,18,19). The zero-order chi connectivity index (χ0) is 14.7. The summed E-state index contributed by atoms with van der Waals surface area (Å²) in [5.74, 6) is 0.0954. The minimum Gasteiger partial charge on any atom is -0.475 e. The highest BCUT2D eigenvalue weighted by atomic mass is 16.4. The van der Waals surface area contributed by atoms with Gasteiger partial charge in [0.15, 0.2) is 12.2 Å². The van der Waals surface area contributed by atoms with Crippen molar-refractivity contribution in [1.29, 1.82) is 0 Å². The van der Waals surface area contributed by atoms with E-state index in [9.17, 15) is 4.79 Å². The van der Waals surface area contributed by atoms with E-state index in [-0.39, 0.29) is 5.76 Å². The number of nitrogens with one attached hydrogen (secondary N) is 1. The average molecular weight is 284 g/mol. The first kappa shape index (κ1) is 13.0. The van der Waals surface area contributed by atoms with Crippen molar-refractivity contribution < 1.29 is 18.7 Å². The largest absolute Gasteiger partial charge is 0.475 e. The Hall–Kier alpha value is -3.02. The summed E-state index contributed by atoms with van der Waals surface area (Å²) >= 11 is 0. The summed E-state index contributed by atoms with van der Waals surface area (Å²) in [4.78, 5) is 14.6. The Kier molecular flexibility index (Phi) is 3.42. The fraction of sp³-hybridized carbons (Fsp3) is 0.0667. The molecule has 6 heteroatoms. The normalized spacial score (nSPS) is 10.5. The number of furan rings is 1. The quantitative estimate of drug-likeness (QED) is 0.747. The molecule has 3 aromatic rings. The van der Waals surface area contributed by atoms with Gasteiger partial charge in [0.25, 0.3) is 0 Å². The second-order valence-electron chi connectivity index (χ2n) is 4.37. The van der Waals surface area contributed by atoms with Crippen molar-refractivity contribution in [3.63, 3.8) is 0 Å². The van der Waals surface area contributed by atoms with Crippen LogP contribution in [0.3, 0.4) is 0 Å². The summed E-state index contributed by atoms with van der Waals surface area (Å²) in [5, 5.41) is 12.0. The molecule has 1 aromatic carbocycles. The van der Waals surface area contributed by atoms with Crippen molar-refractivity contribution in [1.82, 2.24) is 4.98 Å². The average Bonchev–Trinajstić information content (AvgIpc) is 3.17. The minimum atomic E-state index is -1.08. The Bertz CT molecular complexity index is 747. The number of aromatic nitrogens is 1. The molecular weight excluding hydrogens is 272 g/mol. The van der Waals surface area contributed by atoms with E-state index in [1.54, 1.807) is 12.3 Å². The molecule has 0 aliphatic carbocycles. The number of benzene rings is 1. The van der Waals surface area contributed by atoms with Crippen molar-refractivity contribution >= 4 is 11.7 Å². The molecule has 21 heavy (non-hydrogen) atoms. The molecule has 0 aliphatic heterocycles. The summed E-state index contributed by atoms with van der Waals surface area (Å²) < 4.78 is 10.4. The number of nitrogens with zero attached hydrogens (tertiary/aromatic N) is 1. The summed E-state index contributed by atoms with van der Waals surface area (Å²) in [6.07, 6.45) is 3.02. The zero-order valence-electron chi connectivity index (χ0n) is 10.9. The van der Waals surface area contributed by atoms with E-state index in [0.29, 0.717) is 18.1 Å². The smallest absolute Gasteiger partial charge is 0.371 e. The summed E-state index contributed by atoms with van der Waals surface area (Å²) in [5.41, 5.74) is 1.78. The van der Waals surface area contributed by atoms with E-state index >= 15 is 0 Å². The van der Waals surface area contributed by atoms with E-state index in [2.05, 4.69) is 10.3 Å². The second-order valence-corrected chi connectivity index (χ2v) is 4.37. The van der Waals surface area contributed by atoms with Gasteiger partial charge in [-0.3, -0.25) is 0 Å². The number of aromatic carboxylic acids is 1. The van der Waals surface area contributed by atoms with Crippen LogP contribution in [0.1, 0.15) is 16.3 Å². The van der Waals surface area contributed by atoms with Crippen molar-refractivity contribution in [3.05, 3.63) is 60.5 Å². The van der Waals surface area contributed by atoms with Crippen LogP contribution in [-0.4, -0.2) is 16.1 Å². The number of carbonyl (C=O) groups is 1. The van der Waals surface area contributed by atoms with E-state index in [0.717, 1.165) is 11.3 Å². The lowest BCUT2D eigenvalue weighted by molar-refractivity contribution is 0.0660. The lowest BCUT2D eigenvalue weighted by Crippen LogP contribution is -1.98. The first-order valence-corrected chi connectivity index (χ1v) is 6.27. The van der Waals surface area contributed by atoms with Gasteiger partial charge in [-0.2, -0.15) is 0 Å². The zero-order valence-corrected chi connectivity index (χ0v) is 10.9. The SMILES string of the molecule is O=C(O)c1ccc(CNc2cccc(-c3cnco3)c2)o1. The summed E-state index contributed by atoms with van der Waals surface area (Å²) in [7, 11) is 0. The molecule has 0 atom stereocenters. The van der Waals surface area contributed by atoms with Gasteiger partial charge in [0.2, 0.25) is 5.76 Å². The maximum Gasteiger partial charge on any atom is 0.371 e. The van der Waals surface area contributed by atoms with Crippen LogP contribution in [-0.2, 0) is 6.54 Å². The summed E-state index contributed by atoms with van der Waals surface area (Å²) in [6.45, 7) is 0.396. The monoisotopic (exact) mass is 284 g/mol. The third kappa shape index (κ3) is 2.94. The molecular formula is C15H12N2O4. The molecule has 0 saturated heterocycles. The topological polar surface area (TPSA) is 88.5 Å². The highest BCUT2D eigenvalue weighted by Crippen LogP contribution is 2.22. The maximum atomic E-state index is 10.7. The van der Waals surface area contributed by atoms with E-state index in [4.69, 9.17) is 13.9 Å². The molecule has 0 amide bonds. The number of oxazole rings is 1. The number of hydrogen-bond acceptors (Lipinski definition) is 5. The molecule has 0 fully saturated rings. The molecule has 0 bridgehead atoms. The third-order valence-electron chi connectivity index (χ3n) is 2.92. The number of carboxylic acids is 1. The van der Waals surface area contributed by atoms with Crippen LogP contribution in [0, 0.1) is 0 Å². The van der Waals surface area contributed by atoms with E-state index < -0.39 is 5.97 Å². The first-order chi connectivity index (χ1) is 10.2. The maximum absolute atomic E-state index is 10.7. The molecule has 6 nitrogen and oxygen atoms in total. The van der Waals surface area contributed by atoms with Crippen molar-refractivity contribution in [3.8, 4) is 11.3 Å². The van der Waals surface area contributed by atoms with Gasteiger partial charge < -0.3 is 19.3 Å². The highest BCUT2D eigenvalue weighted by Gasteiger charge is 2.08. The molecule has 3 rings (SSSR count). The predicted octanol–water partition coefficient (Wildman–Crippen LogP) is 3.24. The fourth-order valence-electron chi connectivity index (χ4n) is 1.92. The van der Waals surface area contributed by atoms with Gasteiger partial charge >= 0.3 is 5.97 Å². The number of carboxylic acid groups (broad SMARTS) is 1. The van der Waals surface area contributed by atoms with E-state index in [1.165, 1.54) is 12.5 Å². The van der Waals surface area contributed by atoms with Gasteiger partial charge in [-0.05, 0) is 24.3 Å². The van der Waals surface area contributed by atoms with E-state index in [1.807, 2.05) is 24.3 Å². The Morgan fingerprint density at radius 3 is 2.90 bits per heavy atom. The van der Waals surface area contributed by atoms with Crippen LogP contribution < -0.4 is 5.32 Å². The van der Waals surface area contributed by atoms with Crippen LogP contribution in [0.2, 0.25) is 0 Å². The van der Waals surface area contributed by atoms with Crippen LogP contribution in [0.25, 0.3) is 11.3 Å². The fourth-order valence-corrected chi connectivity index (χ4v) is 1.92. The molecule has 106 valence electrons. The van der Waals surface area contributed by atoms with Gasteiger partial charge in [0, 0.05) is 11.3 Å². The first-order valence-electron chi connectivity index (χ1n) is 6.27. The second kappa shape index (κ2) is 5.54. The number of hydrogen-bond donors (Lipinski definition) is 2. The Morgan fingerprint density at radius 2 is 2.19 bits per heavy atom. The highest BCUT2D eigenvalue weighted by molar-refractivity contribution is 5.84. The molecule has 2 heterocycles. The Labute approximate surface area is 120 Å². The minimum absolute atomic E-state index is 0.0674. The molecule has 0 spiro atoms. The van der Waals surface area contributed by atoms with Crippen LogP contribution in [0.15, 0.2) is 57.8 Å². The lowest BCUT2D eigenvalue weighted by Gasteiger charge is -2.05. The van der Waals surface area contributed by atoms with Gasteiger partial charge in [-0.1, -0.05) is 12.1 Å². The van der Waals surface area contributed by atoms with Crippen molar-refractivity contribution in [2.75, 3.05) is 5.32 Å². The molecule has 2 N–H and O–H groups in total. The molecule has 0 saturated carbocycles. The predicted molar refractivity (Wildman–Crippen MR) is 74.9 cm³/mol. The van der Waals surface area contributed by atoms with Gasteiger partial charge in [0.05, 0.1) is 12.7 Å². The van der Waals surface area contributed by atoms with Crippen LogP contribution in [0.5, 0.6) is 0 Å². The molecule has 0 aliphatic rings. The lowest BCUT2D eigenvalue weighted by atomic mass is 10.1. The number of rotatable bonds is 5. The van der Waals surface area contributed by atoms with Crippen LogP contribution in [0.4, 0.5) is 5.69 Å². The van der Waals surface area contributed by atoms with Gasteiger partial charge in [-0.15, -0.1) is 0 Å². The molecule has 2 aromatic heterocycles. The van der Waals surface area contributed by atoms with Crippen molar-refractivity contribution in [2.24, 2.45) is 0 Å². The molecule has 0 radical (unpaired) electrons. The Balaban J connectivity index is 1.70. The Morgan fingerprint density at radius 1 is 1.29 bits per heavy atom.